The van der Waals surface area contributed by atoms with Crippen LogP contribution in [0, 0.1) is 17.2 Å². The summed E-state index contributed by atoms with van der Waals surface area (Å²) in [7, 11) is 0. The van der Waals surface area contributed by atoms with Gasteiger partial charge in [0.05, 0.1) is 23.9 Å². The van der Waals surface area contributed by atoms with E-state index in [1.807, 2.05) is 13.8 Å². The van der Waals surface area contributed by atoms with Gasteiger partial charge in [-0.1, -0.05) is 19.9 Å². The maximum Gasteiger partial charge on any atom is 0.278 e. The molecule has 0 saturated carbocycles. The summed E-state index contributed by atoms with van der Waals surface area (Å²) in [6.07, 6.45) is 6.17. The van der Waals surface area contributed by atoms with Gasteiger partial charge in [0.1, 0.15) is 5.65 Å². The van der Waals surface area contributed by atoms with E-state index in [9.17, 15) is 4.79 Å². The highest BCUT2D eigenvalue weighted by Gasteiger charge is 2.21. The van der Waals surface area contributed by atoms with Crippen molar-refractivity contribution in [1.29, 1.82) is 5.26 Å². The lowest BCUT2D eigenvalue weighted by Gasteiger charge is -2.20. The third-order valence-electron chi connectivity index (χ3n) is 4.08. The Hall–Kier alpha value is -2.35. The lowest BCUT2D eigenvalue weighted by Crippen LogP contribution is -2.24. The molecule has 21 heavy (non-hydrogen) atoms. The summed E-state index contributed by atoms with van der Waals surface area (Å²) >= 11 is 0. The van der Waals surface area contributed by atoms with Crippen LogP contribution in [0.1, 0.15) is 50.3 Å². The molecule has 0 bridgehead atoms. The van der Waals surface area contributed by atoms with E-state index in [0.29, 0.717) is 5.65 Å². The lowest BCUT2D eigenvalue weighted by atomic mass is 9.86. The van der Waals surface area contributed by atoms with Crippen molar-refractivity contribution in [3.8, 4) is 6.07 Å². The number of aromatic amines is 1. The average molecular weight is 282 g/mol. The van der Waals surface area contributed by atoms with Crippen molar-refractivity contribution >= 4 is 11.2 Å². The van der Waals surface area contributed by atoms with Gasteiger partial charge in [-0.05, 0) is 30.8 Å². The van der Waals surface area contributed by atoms with Crippen LogP contribution in [-0.4, -0.2) is 14.6 Å². The van der Waals surface area contributed by atoms with Gasteiger partial charge >= 0.3 is 0 Å². The number of rotatable bonds is 2. The largest absolute Gasteiger partial charge is 0.339 e. The van der Waals surface area contributed by atoms with Gasteiger partial charge in [-0.2, -0.15) is 14.9 Å². The molecule has 1 aliphatic rings. The van der Waals surface area contributed by atoms with Gasteiger partial charge < -0.3 is 4.98 Å². The Balaban J connectivity index is 2.18. The fourth-order valence-electron chi connectivity index (χ4n) is 2.94. The smallest absolute Gasteiger partial charge is 0.278 e. The van der Waals surface area contributed by atoms with Crippen molar-refractivity contribution in [2.24, 2.45) is 5.92 Å². The zero-order chi connectivity index (χ0) is 15.0. The van der Waals surface area contributed by atoms with Crippen LogP contribution < -0.4 is 5.56 Å². The highest BCUT2D eigenvalue weighted by Crippen LogP contribution is 2.31. The minimum Gasteiger partial charge on any atom is -0.339 e. The van der Waals surface area contributed by atoms with E-state index in [1.54, 1.807) is 12.3 Å². The average Bonchev–Trinajstić information content (AvgIpc) is 2.95. The van der Waals surface area contributed by atoms with Crippen LogP contribution in [0.4, 0.5) is 0 Å². The highest BCUT2D eigenvalue weighted by atomic mass is 16.1. The fourth-order valence-corrected chi connectivity index (χ4v) is 2.94. The molecule has 1 atom stereocenters. The first kappa shape index (κ1) is 13.6. The van der Waals surface area contributed by atoms with Crippen LogP contribution in [0.2, 0.25) is 0 Å². The molecule has 5 heteroatoms. The quantitative estimate of drug-likeness (QED) is 0.920. The third-order valence-corrected chi connectivity index (χ3v) is 4.08. The summed E-state index contributed by atoms with van der Waals surface area (Å²) in [6, 6.07) is 4.12. The highest BCUT2D eigenvalue weighted by molar-refractivity contribution is 5.68. The third kappa shape index (κ3) is 2.27. The van der Waals surface area contributed by atoms with Crippen molar-refractivity contribution in [3.63, 3.8) is 0 Å². The Morgan fingerprint density at radius 3 is 2.95 bits per heavy atom. The SMILES string of the molecule is CC(C)c1c(C2=CCC(C#N)CC2)[nH]c2ccnn2c1=O. The Labute approximate surface area is 122 Å². The molecule has 5 nitrogen and oxygen atoms in total. The topological polar surface area (TPSA) is 73.9 Å². The summed E-state index contributed by atoms with van der Waals surface area (Å²) in [5.41, 5.74) is 3.49. The zero-order valence-corrected chi connectivity index (χ0v) is 12.3. The van der Waals surface area contributed by atoms with Gasteiger partial charge in [0, 0.05) is 11.6 Å². The standard InChI is InChI=1S/C16H18N4O/c1-10(2)14-15(12-5-3-11(9-17)4-6-12)19-13-7-8-18-20(13)16(14)21/h5,7-8,10-11,19H,3-4,6H2,1-2H3. The summed E-state index contributed by atoms with van der Waals surface area (Å²) < 4.78 is 1.42. The second-order valence-electron chi connectivity index (χ2n) is 5.83. The second kappa shape index (κ2) is 5.21. The Morgan fingerprint density at radius 2 is 2.33 bits per heavy atom. The van der Waals surface area contributed by atoms with Crippen molar-refractivity contribution in [2.75, 3.05) is 0 Å². The first-order valence-corrected chi connectivity index (χ1v) is 7.30. The molecular weight excluding hydrogens is 264 g/mol. The summed E-state index contributed by atoms with van der Waals surface area (Å²) in [5, 5.41) is 13.1. The molecular formula is C16H18N4O. The number of aromatic nitrogens is 3. The summed E-state index contributed by atoms with van der Waals surface area (Å²) in [5.74, 6) is 0.216. The molecule has 1 N–H and O–H groups in total. The van der Waals surface area contributed by atoms with E-state index < -0.39 is 0 Å². The molecule has 0 spiro atoms. The number of H-pyrrole nitrogens is 1. The molecule has 2 heterocycles. The number of nitrogens with zero attached hydrogens (tertiary/aromatic N) is 3. The van der Waals surface area contributed by atoms with Crippen LogP contribution in [0.15, 0.2) is 23.1 Å². The van der Waals surface area contributed by atoms with Crippen LogP contribution in [0.25, 0.3) is 11.2 Å². The van der Waals surface area contributed by atoms with Gasteiger partial charge in [0.2, 0.25) is 0 Å². The zero-order valence-electron chi connectivity index (χ0n) is 12.3. The fraction of sp³-hybridized carbons (Fsp3) is 0.438. The Morgan fingerprint density at radius 1 is 1.52 bits per heavy atom. The molecule has 0 aromatic carbocycles. The van der Waals surface area contributed by atoms with Crippen molar-refractivity contribution in [3.05, 3.63) is 40.0 Å². The Bertz CT molecular complexity index is 804. The van der Waals surface area contributed by atoms with Crippen LogP contribution in [-0.2, 0) is 0 Å². The molecule has 0 aliphatic heterocycles. The van der Waals surface area contributed by atoms with Crippen molar-refractivity contribution < 1.29 is 0 Å². The van der Waals surface area contributed by atoms with Gasteiger partial charge in [0.15, 0.2) is 0 Å². The number of hydrogen-bond donors (Lipinski definition) is 1. The Kier molecular flexibility index (Phi) is 3.38. The van der Waals surface area contributed by atoms with E-state index in [0.717, 1.165) is 36.1 Å². The molecule has 108 valence electrons. The number of nitriles is 1. The maximum atomic E-state index is 12.6. The molecule has 0 amide bonds. The van der Waals surface area contributed by atoms with Gasteiger partial charge in [-0.25, -0.2) is 0 Å². The van der Waals surface area contributed by atoms with Crippen LogP contribution >= 0.6 is 0 Å². The predicted octanol–water partition coefficient (Wildman–Crippen LogP) is 2.85. The van der Waals surface area contributed by atoms with E-state index >= 15 is 0 Å². The summed E-state index contributed by atoms with van der Waals surface area (Å²) in [6.45, 7) is 4.04. The van der Waals surface area contributed by atoms with Crippen LogP contribution in [0.5, 0.6) is 0 Å². The molecule has 1 unspecified atom stereocenters. The molecule has 0 saturated heterocycles. The molecule has 3 rings (SSSR count). The van der Waals surface area contributed by atoms with Crippen molar-refractivity contribution in [2.45, 2.75) is 39.0 Å². The minimum atomic E-state index is -0.0537. The monoisotopic (exact) mass is 282 g/mol. The predicted molar refractivity (Wildman–Crippen MR) is 80.8 cm³/mol. The first-order valence-electron chi connectivity index (χ1n) is 7.30. The molecule has 0 fully saturated rings. The van der Waals surface area contributed by atoms with E-state index in [2.05, 4.69) is 22.2 Å². The number of hydrogen-bond acceptors (Lipinski definition) is 3. The molecule has 0 radical (unpaired) electrons. The van der Waals surface area contributed by atoms with Crippen molar-refractivity contribution in [1.82, 2.24) is 14.6 Å². The lowest BCUT2D eigenvalue weighted by molar-refractivity contribution is 0.602. The normalized spacial score (nSPS) is 18.8. The molecule has 1 aliphatic carbocycles. The minimum absolute atomic E-state index is 0.0537. The van der Waals surface area contributed by atoms with E-state index in [1.165, 1.54) is 4.52 Å². The molecule has 2 aromatic heterocycles. The number of allylic oxidation sites excluding steroid dienone is 2. The second-order valence-corrected chi connectivity index (χ2v) is 5.83. The van der Waals surface area contributed by atoms with E-state index in [4.69, 9.17) is 5.26 Å². The van der Waals surface area contributed by atoms with E-state index in [-0.39, 0.29) is 17.4 Å². The maximum absolute atomic E-state index is 12.6. The molecule has 2 aromatic rings. The van der Waals surface area contributed by atoms with Crippen LogP contribution in [0.3, 0.4) is 0 Å². The van der Waals surface area contributed by atoms with Gasteiger partial charge in [0.25, 0.3) is 5.56 Å². The first-order chi connectivity index (χ1) is 10.1. The van der Waals surface area contributed by atoms with Gasteiger partial charge in [-0.15, -0.1) is 0 Å². The van der Waals surface area contributed by atoms with Gasteiger partial charge in [-0.3, -0.25) is 4.79 Å². The number of nitrogens with one attached hydrogen (secondary N) is 1. The summed E-state index contributed by atoms with van der Waals surface area (Å²) in [4.78, 5) is 16.0. The number of fused-ring (bicyclic) bond motifs is 1.